The molecule has 2 N–H and O–H groups in total. The number of carbonyl (C=O) groups excluding carboxylic acids is 1. The zero-order chi connectivity index (χ0) is 14.8. The first-order valence-electron chi connectivity index (χ1n) is 7.78. The van der Waals surface area contributed by atoms with E-state index in [4.69, 9.17) is 4.74 Å². The van der Waals surface area contributed by atoms with Crippen molar-refractivity contribution in [3.8, 4) is 0 Å². The Morgan fingerprint density at radius 2 is 2.00 bits per heavy atom. The van der Waals surface area contributed by atoms with Gasteiger partial charge in [-0.1, -0.05) is 19.3 Å². The van der Waals surface area contributed by atoms with Crippen LogP contribution in [0.3, 0.4) is 0 Å². The Morgan fingerprint density at radius 1 is 1.30 bits per heavy atom. The second-order valence-corrected chi connectivity index (χ2v) is 5.90. The maximum atomic E-state index is 11.8. The lowest BCUT2D eigenvalue weighted by Gasteiger charge is -2.35. The summed E-state index contributed by atoms with van der Waals surface area (Å²) in [7, 11) is 5.89. The minimum absolute atomic E-state index is 0.0729. The van der Waals surface area contributed by atoms with Crippen LogP contribution >= 0.6 is 0 Å². The lowest BCUT2D eigenvalue weighted by atomic mass is 9.83. The molecular formula is C15H31N3O2. The molecule has 0 spiro atoms. The van der Waals surface area contributed by atoms with E-state index >= 15 is 0 Å². The van der Waals surface area contributed by atoms with Crippen LogP contribution in [0.2, 0.25) is 0 Å². The van der Waals surface area contributed by atoms with Gasteiger partial charge in [-0.25, -0.2) is 0 Å². The summed E-state index contributed by atoms with van der Waals surface area (Å²) >= 11 is 0. The number of nitrogens with one attached hydrogen (secondary N) is 2. The molecule has 5 nitrogen and oxygen atoms in total. The number of likely N-dealkylation sites (N-methyl/N-ethyl adjacent to an activating group) is 1. The van der Waals surface area contributed by atoms with Gasteiger partial charge in [-0.2, -0.15) is 0 Å². The van der Waals surface area contributed by atoms with Gasteiger partial charge in [0.25, 0.3) is 0 Å². The molecular weight excluding hydrogens is 254 g/mol. The molecule has 0 bridgehead atoms. The highest BCUT2D eigenvalue weighted by Gasteiger charge is 2.25. The van der Waals surface area contributed by atoms with E-state index < -0.39 is 0 Å². The summed E-state index contributed by atoms with van der Waals surface area (Å²) in [5.41, 5.74) is 0. The Balaban J connectivity index is 2.25. The minimum atomic E-state index is 0.0729. The van der Waals surface area contributed by atoms with Gasteiger partial charge in [0.2, 0.25) is 5.91 Å². The van der Waals surface area contributed by atoms with Crippen LogP contribution in [0, 0.1) is 5.92 Å². The third-order valence-corrected chi connectivity index (χ3v) is 4.13. The molecule has 1 fully saturated rings. The Hall–Kier alpha value is -0.650. The van der Waals surface area contributed by atoms with E-state index in [0.29, 0.717) is 25.7 Å². The molecule has 0 aromatic rings. The second-order valence-electron chi connectivity index (χ2n) is 5.90. The first kappa shape index (κ1) is 17.4. The third-order valence-electron chi connectivity index (χ3n) is 4.13. The number of carbonyl (C=O) groups is 1. The lowest BCUT2D eigenvalue weighted by molar-refractivity contribution is -0.120. The largest absolute Gasteiger partial charge is 0.383 e. The van der Waals surface area contributed by atoms with Crippen molar-refractivity contribution in [2.75, 3.05) is 47.4 Å². The molecule has 0 aromatic carbocycles. The van der Waals surface area contributed by atoms with Crippen molar-refractivity contribution in [1.29, 1.82) is 0 Å². The van der Waals surface area contributed by atoms with Crippen LogP contribution in [0.5, 0.6) is 0 Å². The molecule has 1 amide bonds. The van der Waals surface area contributed by atoms with Crippen molar-refractivity contribution in [2.24, 2.45) is 5.92 Å². The van der Waals surface area contributed by atoms with Crippen molar-refractivity contribution in [3.05, 3.63) is 0 Å². The molecule has 0 saturated heterocycles. The standard InChI is InChI=1S/C15H31N3O2/c1-18(2)14(13-7-5-4-6-8-13)11-17-15(19)12-16-9-10-20-3/h13-14,16H,4-12H2,1-3H3,(H,17,19). The molecule has 0 aromatic heterocycles. The number of methoxy groups -OCH3 is 1. The predicted octanol–water partition coefficient (Wildman–Crippen LogP) is 0.849. The normalized spacial score (nSPS) is 18.2. The fraction of sp³-hybridized carbons (Fsp3) is 0.933. The first-order chi connectivity index (χ1) is 9.65. The predicted molar refractivity (Wildman–Crippen MR) is 81.8 cm³/mol. The Kier molecular flexibility index (Phi) is 8.82. The highest BCUT2D eigenvalue weighted by Crippen LogP contribution is 2.27. The number of rotatable bonds is 9. The molecule has 1 saturated carbocycles. The van der Waals surface area contributed by atoms with Gasteiger partial charge in [0.15, 0.2) is 0 Å². The van der Waals surface area contributed by atoms with E-state index in [1.807, 2.05) is 0 Å². The van der Waals surface area contributed by atoms with E-state index in [0.717, 1.165) is 12.5 Å². The van der Waals surface area contributed by atoms with Crippen LogP contribution in [0.4, 0.5) is 0 Å². The number of nitrogens with zero attached hydrogens (tertiary/aromatic N) is 1. The van der Waals surface area contributed by atoms with Crippen molar-refractivity contribution < 1.29 is 9.53 Å². The van der Waals surface area contributed by atoms with Gasteiger partial charge in [-0.05, 0) is 32.9 Å². The monoisotopic (exact) mass is 285 g/mol. The highest BCUT2D eigenvalue weighted by atomic mass is 16.5. The third kappa shape index (κ3) is 6.68. The smallest absolute Gasteiger partial charge is 0.234 e. The van der Waals surface area contributed by atoms with Gasteiger partial charge in [-0.3, -0.25) is 4.79 Å². The van der Waals surface area contributed by atoms with Crippen molar-refractivity contribution in [3.63, 3.8) is 0 Å². The average Bonchev–Trinajstić information content (AvgIpc) is 2.44. The van der Waals surface area contributed by atoms with Crippen molar-refractivity contribution in [2.45, 2.75) is 38.1 Å². The van der Waals surface area contributed by atoms with E-state index in [9.17, 15) is 4.79 Å². The summed E-state index contributed by atoms with van der Waals surface area (Å²) in [5, 5.41) is 6.12. The van der Waals surface area contributed by atoms with Crippen molar-refractivity contribution in [1.82, 2.24) is 15.5 Å². The maximum absolute atomic E-state index is 11.8. The molecule has 20 heavy (non-hydrogen) atoms. The van der Waals surface area contributed by atoms with E-state index in [1.165, 1.54) is 32.1 Å². The minimum Gasteiger partial charge on any atom is -0.383 e. The highest BCUT2D eigenvalue weighted by molar-refractivity contribution is 5.78. The fourth-order valence-corrected chi connectivity index (χ4v) is 2.95. The van der Waals surface area contributed by atoms with E-state index in [2.05, 4.69) is 29.6 Å². The molecule has 0 radical (unpaired) electrons. The molecule has 1 aliphatic carbocycles. The number of hydrogen-bond acceptors (Lipinski definition) is 4. The van der Waals surface area contributed by atoms with Gasteiger partial charge in [-0.15, -0.1) is 0 Å². The van der Waals surface area contributed by atoms with Gasteiger partial charge in [0, 0.05) is 26.2 Å². The summed E-state index contributed by atoms with van der Waals surface area (Å²) in [6.45, 7) is 2.47. The van der Waals surface area contributed by atoms with Crippen LogP contribution in [0.25, 0.3) is 0 Å². The maximum Gasteiger partial charge on any atom is 0.234 e. The number of ether oxygens (including phenoxy) is 1. The first-order valence-corrected chi connectivity index (χ1v) is 7.78. The summed E-state index contributed by atoms with van der Waals surface area (Å²) in [6, 6.07) is 0.457. The number of hydrogen-bond donors (Lipinski definition) is 2. The average molecular weight is 285 g/mol. The zero-order valence-electron chi connectivity index (χ0n) is 13.3. The van der Waals surface area contributed by atoms with Crippen LogP contribution in [-0.2, 0) is 9.53 Å². The van der Waals surface area contributed by atoms with Gasteiger partial charge in [0.05, 0.1) is 13.2 Å². The van der Waals surface area contributed by atoms with Crippen LogP contribution in [-0.4, -0.2) is 64.3 Å². The van der Waals surface area contributed by atoms with Gasteiger partial charge < -0.3 is 20.3 Å². The summed E-state index contributed by atoms with van der Waals surface area (Å²) in [6.07, 6.45) is 6.63. The Morgan fingerprint density at radius 3 is 2.60 bits per heavy atom. The molecule has 118 valence electrons. The molecule has 0 heterocycles. The molecule has 0 aliphatic heterocycles. The quantitative estimate of drug-likeness (QED) is 0.617. The molecule has 1 rings (SSSR count). The second kappa shape index (κ2) is 10.1. The van der Waals surface area contributed by atoms with E-state index in [-0.39, 0.29) is 5.91 Å². The topological polar surface area (TPSA) is 53.6 Å². The van der Waals surface area contributed by atoms with Gasteiger partial charge >= 0.3 is 0 Å². The Bertz CT molecular complexity index is 266. The zero-order valence-corrected chi connectivity index (χ0v) is 13.3. The fourth-order valence-electron chi connectivity index (χ4n) is 2.95. The van der Waals surface area contributed by atoms with Crippen LogP contribution in [0.15, 0.2) is 0 Å². The number of amides is 1. The SMILES string of the molecule is COCCNCC(=O)NCC(C1CCCCC1)N(C)C. The van der Waals surface area contributed by atoms with Crippen LogP contribution < -0.4 is 10.6 Å². The van der Waals surface area contributed by atoms with E-state index in [1.54, 1.807) is 7.11 Å². The molecule has 5 heteroatoms. The van der Waals surface area contributed by atoms with Gasteiger partial charge in [0.1, 0.15) is 0 Å². The summed E-state index contributed by atoms with van der Waals surface area (Å²) < 4.78 is 4.93. The van der Waals surface area contributed by atoms with Crippen LogP contribution in [0.1, 0.15) is 32.1 Å². The van der Waals surface area contributed by atoms with Crippen molar-refractivity contribution >= 4 is 5.91 Å². The molecule has 1 atom stereocenters. The summed E-state index contributed by atoms with van der Waals surface area (Å²) in [5.74, 6) is 0.796. The molecule has 1 unspecified atom stereocenters. The summed E-state index contributed by atoms with van der Waals surface area (Å²) in [4.78, 5) is 14.0. The molecule has 1 aliphatic rings. The Labute approximate surface area is 123 Å². The lowest BCUT2D eigenvalue weighted by Crippen LogP contribution is -2.47.